The Kier molecular flexibility index (Phi) is 5.71. The molecule has 2 N–H and O–H groups in total. The minimum Gasteiger partial charge on any atom is -0.380 e. The van der Waals surface area contributed by atoms with Crippen LogP contribution in [0.25, 0.3) is 0 Å². The van der Waals surface area contributed by atoms with E-state index in [-0.39, 0.29) is 5.84 Å². The van der Waals surface area contributed by atoms with Crippen LogP contribution < -0.4 is 5.73 Å². The second-order valence-corrected chi connectivity index (χ2v) is 5.04. The van der Waals surface area contributed by atoms with Gasteiger partial charge in [0.1, 0.15) is 0 Å². The predicted molar refractivity (Wildman–Crippen MR) is 79.6 cm³/mol. The monoisotopic (exact) mass is 324 g/mol. The number of oxime groups is 1. The minimum absolute atomic E-state index is 0.0512. The average molecular weight is 324 g/mol. The van der Waals surface area contributed by atoms with Gasteiger partial charge in [0.05, 0.1) is 29.6 Å². The molecule has 0 fully saturated rings. The third kappa shape index (κ3) is 4.73. The van der Waals surface area contributed by atoms with Gasteiger partial charge in [-0.1, -0.05) is 35.0 Å². The molecule has 1 aromatic carbocycles. The molecule has 0 bridgehead atoms. The summed E-state index contributed by atoms with van der Waals surface area (Å²) < 4.78 is 0. The number of hydrogen-bond donors (Lipinski definition) is 1. The number of aryl methyl sites for hydroxylation is 1. The van der Waals surface area contributed by atoms with Gasteiger partial charge in [-0.15, -0.1) is 0 Å². The largest absolute Gasteiger partial charge is 0.456 e. The van der Waals surface area contributed by atoms with Gasteiger partial charge in [0, 0.05) is 5.56 Å². The van der Waals surface area contributed by atoms with Gasteiger partial charge in [-0.2, -0.15) is 0 Å². The van der Waals surface area contributed by atoms with Crippen LogP contribution in [0, 0.1) is 27.2 Å². The van der Waals surface area contributed by atoms with Crippen LogP contribution in [0.3, 0.4) is 0 Å². The second-order valence-electron chi connectivity index (χ2n) is 5.04. The molecule has 0 saturated carbocycles. The molecule has 1 rings (SSSR count). The molecule has 10 heteroatoms. The molecule has 0 aliphatic heterocycles. The molecule has 0 heterocycles. The Balaban J connectivity index is 2.63. The number of benzene rings is 1. The van der Waals surface area contributed by atoms with Crippen LogP contribution in [0.15, 0.2) is 29.4 Å². The maximum Gasteiger partial charge on any atom is 0.456 e. The molecule has 0 aliphatic rings. The smallest absolute Gasteiger partial charge is 0.380 e. The number of rotatable bonds is 7. The van der Waals surface area contributed by atoms with Gasteiger partial charge in [-0.3, -0.25) is 20.2 Å². The van der Waals surface area contributed by atoms with E-state index in [1.54, 1.807) is 24.3 Å². The van der Waals surface area contributed by atoms with E-state index >= 15 is 0 Å². The first kappa shape index (κ1) is 18.0. The van der Waals surface area contributed by atoms with Gasteiger partial charge in [0.15, 0.2) is 5.84 Å². The quantitative estimate of drug-likeness (QED) is 0.197. The molecule has 0 radical (unpaired) electrons. The summed E-state index contributed by atoms with van der Waals surface area (Å²) in [7, 11) is 0. The lowest BCUT2D eigenvalue weighted by Gasteiger charge is -2.11. The Labute approximate surface area is 131 Å². The van der Waals surface area contributed by atoms with Crippen molar-refractivity contribution in [3.63, 3.8) is 0 Å². The molecule has 23 heavy (non-hydrogen) atoms. The third-order valence-electron chi connectivity index (χ3n) is 3.18. The zero-order valence-electron chi connectivity index (χ0n) is 12.6. The van der Waals surface area contributed by atoms with Crippen LogP contribution in [0.5, 0.6) is 0 Å². The highest BCUT2D eigenvalue weighted by Gasteiger charge is 2.50. The summed E-state index contributed by atoms with van der Waals surface area (Å²) in [6.45, 7) is 2.71. The maximum absolute atomic E-state index is 11.5. The fourth-order valence-electron chi connectivity index (χ4n) is 1.51. The van der Waals surface area contributed by atoms with Crippen molar-refractivity contribution in [1.29, 1.82) is 0 Å². The summed E-state index contributed by atoms with van der Waals surface area (Å²) in [5.41, 5.74) is 4.72. The lowest BCUT2D eigenvalue weighted by atomic mass is 10.1. The molecule has 0 aliphatic carbocycles. The number of nitrogens with two attached hydrogens (primary N) is 1. The summed E-state index contributed by atoms with van der Waals surface area (Å²) in [5, 5.41) is 24.9. The SMILES string of the molecule is Cc1ccc(/C(N)=N/OC(=O)CCC(C)([N+](=O)[O-])[N+](=O)[O-])cc1. The fraction of sp³-hybridized carbons (Fsp3) is 0.385. The molecule has 124 valence electrons. The van der Waals surface area contributed by atoms with Gasteiger partial charge < -0.3 is 10.6 Å². The third-order valence-corrected chi connectivity index (χ3v) is 3.18. The second kappa shape index (κ2) is 7.29. The summed E-state index contributed by atoms with van der Waals surface area (Å²) in [4.78, 5) is 35.4. The highest BCUT2D eigenvalue weighted by molar-refractivity contribution is 5.97. The standard InChI is InChI=1S/C13H16N4O6/c1-9-3-5-10(6-4-9)12(14)15-23-11(18)7-8-13(2,16(19)20)17(21)22/h3-6H,7-8H2,1-2H3,(H2,14,15). The van der Waals surface area contributed by atoms with Crippen LogP contribution >= 0.6 is 0 Å². The molecule has 0 amide bonds. The van der Waals surface area contributed by atoms with Gasteiger partial charge in [0.2, 0.25) is 0 Å². The molecular weight excluding hydrogens is 308 g/mol. The molecular formula is C13H16N4O6. The summed E-state index contributed by atoms with van der Waals surface area (Å²) in [6.07, 6.45) is -1.16. The molecule has 0 unspecified atom stereocenters. The van der Waals surface area contributed by atoms with Crippen molar-refractivity contribution in [2.45, 2.75) is 32.4 Å². The maximum atomic E-state index is 11.5. The molecule has 0 aromatic heterocycles. The summed E-state index contributed by atoms with van der Waals surface area (Å²) in [5.74, 6) is -1.00. The van der Waals surface area contributed by atoms with E-state index in [0.29, 0.717) is 5.56 Å². The lowest BCUT2D eigenvalue weighted by Crippen LogP contribution is -2.43. The van der Waals surface area contributed by atoms with Crippen molar-refractivity contribution in [1.82, 2.24) is 0 Å². The van der Waals surface area contributed by atoms with Crippen molar-refractivity contribution < 1.29 is 19.5 Å². The van der Waals surface area contributed by atoms with Crippen LogP contribution in [0.2, 0.25) is 0 Å². The first-order valence-corrected chi connectivity index (χ1v) is 6.56. The predicted octanol–water partition coefficient (Wildman–Crippen LogP) is 1.21. The number of nitrogens with zero attached hydrogens (tertiary/aromatic N) is 3. The van der Waals surface area contributed by atoms with E-state index in [1.807, 2.05) is 6.92 Å². The number of carbonyl (C=O) groups is 1. The summed E-state index contributed by atoms with van der Waals surface area (Å²) >= 11 is 0. The van der Waals surface area contributed by atoms with Crippen molar-refractivity contribution in [2.75, 3.05) is 0 Å². The van der Waals surface area contributed by atoms with Crippen molar-refractivity contribution in [3.8, 4) is 0 Å². The van der Waals surface area contributed by atoms with Gasteiger partial charge >= 0.3 is 11.6 Å². The van der Waals surface area contributed by atoms with Crippen LogP contribution in [0.1, 0.15) is 30.9 Å². The number of carbonyl (C=O) groups excluding carboxylic acids is 1. The average Bonchev–Trinajstić information content (AvgIpc) is 2.50. The number of amidine groups is 1. The van der Waals surface area contributed by atoms with E-state index < -0.39 is 34.3 Å². The number of nitro groups is 2. The normalized spacial score (nSPS) is 11.8. The fourth-order valence-corrected chi connectivity index (χ4v) is 1.51. The van der Waals surface area contributed by atoms with Crippen LogP contribution in [-0.2, 0) is 9.63 Å². The van der Waals surface area contributed by atoms with E-state index in [0.717, 1.165) is 12.5 Å². The zero-order chi connectivity index (χ0) is 17.6. The van der Waals surface area contributed by atoms with Crippen LogP contribution in [-0.4, -0.2) is 27.3 Å². The molecule has 0 saturated heterocycles. The summed E-state index contributed by atoms with van der Waals surface area (Å²) in [6, 6.07) is 6.94. The minimum atomic E-state index is -2.45. The first-order chi connectivity index (χ1) is 10.7. The first-order valence-electron chi connectivity index (χ1n) is 6.56. The lowest BCUT2D eigenvalue weighted by molar-refractivity contribution is -0.792. The van der Waals surface area contributed by atoms with Crippen LogP contribution in [0.4, 0.5) is 0 Å². The molecule has 0 atom stereocenters. The van der Waals surface area contributed by atoms with Gasteiger partial charge in [-0.05, 0) is 6.92 Å². The van der Waals surface area contributed by atoms with E-state index in [2.05, 4.69) is 9.99 Å². The Morgan fingerprint density at radius 1 is 1.26 bits per heavy atom. The Morgan fingerprint density at radius 2 is 1.78 bits per heavy atom. The Hall–Kier alpha value is -3.04. The van der Waals surface area contributed by atoms with Gasteiger partial charge in [0.25, 0.3) is 0 Å². The highest BCUT2D eigenvalue weighted by atomic mass is 16.7. The Morgan fingerprint density at radius 3 is 2.26 bits per heavy atom. The zero-order valence-corrected chi connectivity index (χ0v) is 12.6. The van der Waals surface area contributed by atoms with E-state index in [1.165, 1.54) is 0 Å². The molecule has 1 aromatic rings. The van der Waals surface area contributed by atoms with E-state index in [9.17, 15) is 25.0 Å². The van der Waals surface area contributed by atoms with Crippen molar-refractivity contribution in [2.24, 2.45) is 10.9 Å². The van der Waals surface area contributed by atoms with Gasteiger partial charge in [-0.25, -0.2) is 4.79 Å². The Bertz CT molecular complexity index is 626. The topological polar surface area (TPSA) is 151 Å². The van der Waals surface area contributed by atoms with Crippen molar-refractivity contribution >= 4 is 11.8 Å². The number of hydrogen-bond acceptors (Lipinski definition) is 7. The van der Waals surface area contributed by atoms with Crippen molar-refractivity contribution in [3.05, 3.63) is 55.6 Å². The molecule has 10 nitrogen and oxygen atoms in total. The molecule has 0 spiro atoms. The highest BCUT2D eigenvalue weighted by Crippen LogP contribution is 2.17. The van der Waals surface area contributed by atoms with E-state index in [4.69, 9.17) is 5.73 Å².